The molecule has 0 radical (unpaired) electrons. The van der Waals surface area contributed by atoms with E-state index < -0.39 is 17.8 Å². The molecule has 106 valence electrons. The number of hydrogen-bond acceptors (Lipinski definition) is 4. The largest absolute Gasteiger partial charge is 0.380 e. The Bertz CT molecular complexity index is 556. The highest BCUT2D eigenvalue weighted by Crippen LogP contribution is 2.23. The Hall–Kier alpha value is -1.97. The second-order valence-electron chi connectivity index (χ2n) is 4.85. The highest BCUT2D eigenvalue weighted by Gasteiger charge is 2.35. The third-order valence-electron chi connectivity index (χ3n) is 3.59. The Balaban J connectivity index is 2.22. The molecule has 2 N–H and O–H groups in total. The molecule has 2 atom stereocenters. The van der Waals surface area contributed by atoms with Crippen LogP contribution in [0.5, 0.6) is 0 Å². The summed E-state index contributed by atoms with van der Waals surface area (Å²) in [6, 6.07) is 5.58. The highest BCUT2D eigenvalue weighted by atomic mass is 19.1. The van der Waals surface area contributed by atoms with Gasteiger partial charge in [-0.15, -0.1) is 0 Å². The van der Waals surface area contributed by atoms with E-state index in [0.717, 1.165) is 0 Å². The van der Waals surface area contributed by atoms with Crippen molar-refractivity contribution >= 4 is 5.91 Å². The van der Waals surface area contributed by atoms with Gasteiger partial charge in [0.1, 0.15) is 5.82 Å². The van der Waals surface area contributed by atoms with E-state index in [9.17, 15) is 9.18 Å². The number of nitrogens with zero attached hydrogens (tertiary/aromatic N) is 2. The van der Waals surface area contributed by atoms with Crippen LogP contribution in [0, 0.1) is 17.1 Å². The number of amides is 1. The van der Waals surface area contributed by atoms with Gasteiger partial charge in [0, 0.05) is 20.2 Å². The number of nitriles is 1. The van der Waals surface area contributed by atoms with Gasteiger partial charge in [-0.1, -0.05) is 0 Å². The lowest BCUT2D eigenvalue weighted by molar-refractivity contribution is -0.122. The van der Waals surface area contributed by atoms with Crippen molar-refractivity contribution in [2.75, 3.05) is 13.7 Å². The average molecular weight is 277 g/mol. The first-order valence-corrected chi connectivity index (χ1v) is 6.30. The fraction of sp³-hybridized carbons (Fsp3) is 0.429. The summed E-state index contributed by atoms with van der Waals surface area (Å²) in [6.07, 6.45) is 0.440. The van der Waals surface area contributed by atoms with Crippen molar-refractivity contribution in [2.45, 2.75) is 25.1 Å². The van der Waals surface area contributed by atoms with Gasteiger partial charge in [0.25, 0.3) is 0 Å². The Kier molecular flexibility index (Phi) is 4.32. The number of rotatable bonds is 4. The average Bonchev–Trinajstić information content (AvgIpc) is 2.82. The number of nitrogens with two attached hydrogens (primary N) is 1. The zero-order valence-corrected chi connectivity index (χ0v) is 11.2. The maximum Gasteiger partial charge on any atom is 0.234 e. The zero-order valence-electron chi connectivity index (χ0n) is 11.2. The van der Waals surface area contributed by atoms with E-state index in [2.05, 4.69) is 0 Å². The molecule has 0 aliphatic carbocycles. The molecular weight excluding hydrogens is 261 g/mol. The first-order chi connectivity index (χ1) is 9.55. The Morgan fingerprint density at radius 1 is 1.65 bits per heavy atom. The summed E-state index contributed by atoms with van der Waals surface area (Å²) in [5, 5.41) is 9.05. The van der Waals surface area contributed by atoms with Crippen LogP contribution in [0.1, 0.15) is 17.5 Å². The van der Waals surface area contributed by atoms with Crippen LogP contribution in [0.3, 0.4) is 0 Å². The lowest BCUT2D eigenvalue weighted by Crippen LogP contribution is -2.39. The number of methoxy groups -OCH3 is 1. The van der Waals surface area contributed by atoms with Crippen LogP contribution in [0.25, 0.3) is 0 Å². The van der Waals surface area contributed by atoms with E-state index in [1.807, 2.05) is 11.0 Å². The monoisotopic (exact) mass is 277 g/mol. The summed E-state index contributed by atoms with van der Waals surface area (Å²) in [5.74, 6) is -0.837. The molecule has 1 aromatic carbocycles. The second kappa shape index (κ2) is 5.99. The molecule has 0 bridgehead atoms. The zero-order chi connectivity index (χ0) is 14.7. The van der Waals surface area contributed by atoms with E-state index in [4.69, 9.17) is 15.7 Å². The Morgan fingerprint density at radius 2 is 2.40 bits per heavy atom. The van der Waals surface area contributed by atoms with E-state index in [1.54, 1.807) is 7.11 Å². The molecule has 6 heteroatoms. The number of ether oxygens (including phenoxy) is 1. The lowest BCUT2D eigenvalue weighted by atomic mass is 10.1. The summed E-state index contributed by atoms with van der Waals surface area (Å²) in [6.45, 7) is 0.833. The van der Waals surface area contributed by atoms with Gasteiger partial charge in [0.2, 0.25) is 5.91 Å². The van der Waals surface area contributed by atoms with Gasteiger partial charge >= 0.3 is 0 Å². The minimum atomic E-state index is -0.449. The molecule has 0 spiro atoms. The van der Waals surface area contributed by atoms with E-state index >= 15 is 0 Å². The predicted octanol–water partition coefficient (Wildman–Crippen LogP) is 0.772. The highest BCUT2D eigenvalue weighted by molar-refractivity contribution is 5.80. The summed E-state index contributed by atoms with van der Waals surface area (Å²) >= 11 is 0. The molecule has 1 aliphatic heterocycles. The lowest BCUT2D eigenvalue weighted by Gasteiger charge is -2.22. The molecule has 1 aliphatic rings. The van der Waals surface area contributed by atoms with Crippen LogP contribution in [0.15, 0.2) is 18.2 Å². The molecule has 0 aromatic heterocycles. The van der Waals surface area contributed by atoms with Crippen molar-refractivity contribution in [3.05, 3.63) is 35.1 Å². The molecule has 0 saturated carbocycles. The predicted molar refractivity (Wildman–Crippen MR) is 69.9 cm³/mol. The van der Waals surface area contributed by atoms with Crippen molar-refractivity contribution in [3.63, 3.8) is 0 Å². The minimum Gasteiger partial charge on any atom is -0.380 e. The van der Waals surface area contributed by atoms with Crippen molar-refractivity contribution in [1.29, 1.82) is 5.26 Å². The Morgan fingerprint density at radius 3 is 3.00 bits per heavy atom. The van der Waals surface area contributed by atoms with Gasteiger partial charge in [-0.2, -0.15) is 5.26 Å². The van der Waals surface area contributed by atoms with Crippen LogP contribution in [-0.4, -0.2) is 36.6 Å². The molecule has 5 nitrogen and oxygen atoms in total. The van der Waals surface area contributed by atoms with Gasteiger partial charge in [0.05, 0.1) is 23.8 Å². The Labute approximate surface area is 116 Å². The third-order valence-corrected chi connectivity index (χ3v) is 3.59. The number of benzene rings is 1. The van der Waals surface area contributed by atoms with E-state index in [-0.39, 0.29) is 6.10 Å². The topological polar surface area (TPSA) is 79.3 Å². The molecular formula is C14H16FN3O2. The molecule has 0 unspecified atom stereocenters. The molecule has 1 aromatic rings. The maximum absolute atomic E-state index is 13.3. The van der Waals surface area contributed by atoms with Crippen LogP contribution >= 0.6 is 0 Å². The van der Waals surface area contributed by atoms with Crippen LogP contribution in [0.4, 0.5) is 4.39 Å². The molecule has 1 fully saturated rings. The van der Waals surface area contributed by atoms with Gasteiger partial charge in [-0.3, -0.25) is 9.69 Å². The number of hydrogen-bond donors (Lipinski definition) is 1. The van der Waals surface area contributed by atoms with Crippen molar-refractivity contribution < 1.29 is 13.9 Å². The first kappa shape index (κ1) is 14.4. The second-order valence-corrected chi connectivity index (χ2v) is 4.85. The summed E-state index contributed by atoms with van der Waals surface area (Å²) in [5.41, 5.74) is 6.33. The van der Waals surface area contributed by atoms with Crippen LogP contribution < -0.4 is 5.73 Å². The summed E-state index contributed by atoms with van der Waals surface area (Å²) in [4.78, 5) is 13.3. The maximum atomic E-state index is 13.3. The number of likely N-dealkylation sites (tertiary alicyclic amines) is 1. The quantitative estimate of drug-likeness (QED) is 0.881. The van der Waals surface area contributed by atoms with E-state index in [1.165, 1.54) is 18.2 Å². The SMILES string of the molecule is CO[C@H]1C[C@@H](C(N)=O)N(Cc2cc(F)ccc2C#N)C1. The van der Waals surface area contributed by atoms with Crippen LogP contribution in [-0.2, 0) is 16.1 Å². The number of carbonyl (C=O) groups is 1. The molecule has 1 amide bonds. The van der Waals surface area contributed by atoms with Gasteiger partial charge in [-0.25, -0.2) is 4.39 Å². The molecule has 20 heavy (non-hydrogen) atoms. The fourth-order valence-electron chi connectivity index (χ4n) is 2.52. The van der Waals surface area contributed by atoms with E-state index in [0.29, 0.717) is 30.6 Å². The first-order valence-electron chi connectivity index (χ1n) is 6.30. The third kappa shape index (κ3) is 2.95. The number of carbonyl (C=O) groups excluding carboxylic acids is 1. The van der Waals surface area contributed by atoms with Gasteiger partial charge in [0.15, 0.2) is 0 Å². The normalized spacial score (nSPS) is 22.6. The van der Waals surface area contributed by atoms with Crippen LogP contribution in [0.2, 0.25) is 0 Å². The summed E-state index contributed by atoms with van der Waals surface area (Å²) in [7, 11) is 1.58. The summed E-state index contributed by atoms with van der Waals surface area (Å²) < 4.78 is 18.6. The number of halogens is 1. The van der Waals surface area contributed by atoms with Crippen molar-refractivity contribution in [1.82, 2.24) is 4.90 Å². The van der Waals surface area contributed by atoms with Crippen molar-refractivity contribution in [3.8, 4) is 6.07 Å². The molecule has 2 rings (SSSR count). The minimum absolute atomic E-state index is 0.0772. The standard InChI is InChI=1S/C14H16FN3O2/c1-20-12-5-13(14(17)19)18(8-12)7-10-4-11(15)3-2-9(10)6-16/h2-4,12-13H,5,7-8H2,1H3,(H2,17,19)/t12-,13-/m0/s1. The fourth-order valence-corrected chi connectivity index (χ4v) is 2.52. The van der Waals surface area contributed by atoms with Crippen molar-refractivity contribution in [2.24, 2.45) is 5.73 Å². The van der Waals surface area contributed by atoms with Gasteiger partial charge < -0.3 is 10.5 Å². The smallest absolute Gasteiger partial charge is 0.234 e. The molecule has 1 saturated heterocycles. The van der Waals surface area contributed by atoms with Gasteiger partial charge in [-0.05, 0) is 30.2 Å². The number of primary amides is 1. The molecule has 1 heterocycles.